The zero-order valence-corrected chi connectivity index (χ0v) is 11.7. The van der Waals surface area contributed by atoms with Gasteiger partial charge < -0.3 is 19.0 Å². The SMILES string of the molecule is COc1cc(CNOCC(C)C)cc2c1OCCO2. The van der Waals surface area contributed by atoms with Crippen LogP contribution in [-0.4, -0.2) is 26.9 Å². The van der Waals surface area contributed by atoms with Gasteiger partial charge in [-0.3, -0.25) is 0 Å². The molecule has 0 amide bonds. The Hall–Kier alpha value is -1.46. The molecule has 1 aliphatic rings. The van der Waals surface area contributed by atoms with E-state index in [1.54, 1.807) is 7.11 Å². The van der Waals surface area contributed by atoms with Crippen LogP contribution in [0.5, 0.6) is 17.2 Å². The van der Waals surface area contributed by atoms with Gasteiger partial charge in [-0.05, 0) is 23.6 Å². The zero-order chi connectivity index (χ0) is 13.7. The number of rotatable bonds is 6. The lowest BCUT2D eigenvalue weighted by Crippen LogP contribution is -2.19. The minimum Gasteiger partial charge on any atom is -0.493 e. The summed E-state index contributed by atoms with van der Waals surface area (Å²) in [6.07, 6.45) is 0. The fourth-order valence-electron chi connectivity index (χ4n) is 1.79. The second-order valence-electron chi connectivity index (χ2n) is 4.85. The van der Waals surface area contributed by atoms with Gasteiger partial charge in [0.25, 0.3) is 0 Å². The average Bonchev–Trinajstić information content (AvgIpc) is 2.42. The van der Waals surface area contributed by atoms with Gasteiger partial charge in [-0.1, -0.05) is 13.8 Å². The molecule has 5 nitrogen and oxygen atoms in total. The maximum Gasteiger partial charge on any atom is 0.203 e. The first-order valence-electron chi connectivity index (χ1n) is 6.52. The Kier molecular flexibility index (Phi) is 4.87. The first kappa shape index (κ1) is 14.0. The molecule has 1 aromatic carbocycles. The molecule has 19 heavy (non-hydrogen) atoms. The lowest BCUT2D eigenvalue weighted by molar-refractivity contribution is 0.0195. The van der Waals surface area contributed by atoms with E-state index in [2.05, 4.69) is 19.3 Å². The molecule has 1 aliphatic heterocycles. The highest BCUT2D eigenvalue weighted by molar-refractivity contribution is 5.54. The lowest BCUT2D eigenvalue weighted by Gasteiger charge is -2.21. The van der Waals surface area contributed by atoms with E-state index in [9.17, 15) is 0 Å². The van der Waals surface area contributed by atoms with Gasteiger partial charge >= 0.3 is 0 Å². The van der Waals surface area contributed by atoms with Crippen LogP contribution in [-0.2, 0) is 11.4 Å². The van der Waals surface area contributed by atoms with Crippen LogP contribution < -0.4 is 19.7 Å². The monoisotopic (exact) mass is 267 g/mol. The summed E-state index contributed by atoms with van der Waals surface area (Å²) in [5.74, 6) is 2.60. The van der Waals surface area contributed by atoms with Crippen LogP contribution in [0, 0.1) is 5.92 Å². The van der Waals surface area contributed by atoms with Gasteiger partial charge in [0.2, 0.25) is 5.75 Å². The molecule has 2 rings (SSSR count). The van der Waals surface area contributed by atoms with Gasteiger partial charge in [0.05, 0.1) is 13.7 Å². The number of ether oxygens (including phenoxy) is 3. The number of fused-ring (bicyclic) bond motifs is 1. The molecule has 0 atom stereocenters. The van der Waals surface area contributed by atoms with Crippen LogP contribution in [0.25, 0.3) is 0 Å². The summed E-state index contributed by atoms with van der Waals surface area (Å²) in [7, 11) is 1.63. The molecule has 0 saturated heterocycles. The maximum absolute atomic E-state index is 5.58. The standard InChI is InChI=1S/C14H21NO4/c1-10(2)9-19-15-8-11-6-12(16-3)14-13(7-11)17-4-5-18-14/h6-7,10,15H,4-5,8-9H2,1-3H3. The van der Waals surface area contributed by atoms with Crippen molar-refractivity contribution in [1.29, 1.82) is 0 Å². The van der Waals surface area contributed by atoms with Gasteiger partial charge in [0.15, 0.2) is 11.5 Å². The predicted octanol–water partition coefficient (Wildman–Crippen LogP) is 2.14. The number of nitrogens with one attached hydrogen (secondary N) is 1. The maximum atomic E-state index is 5.58. The smallest absolute Gasteiger partial charge is 0.203 e. The Morgan fingerprint density at radius 2 is 2.05 bits per heavy atom. The van der Waals surface area contributed by atoms with Gasteiger partial charge in [-0.15, -0.1) is 0 Å². The van der Waals surface area contributed by atoms with Crippen LogP contribution in [0.2, 0.25) is 0 Å². The van der Waals surface area contributed by atoms with Gasteiger partial charge in [-0.25, -0.2) is 0 Å². The van der Waals surface area contributed by atoms with E-state index in [0.29, 0.717) is 43.8 Å². The van der Waals surface area contributed by atoms with E-state index >= 15 is 0 Å². The summed E-state index contributed by atoms with van der Waals surface area (Å²) in [6, 6.07) is 3.88. The molecule has 0 saturated carbocycles. The molecule has 1 heterocycles. The molecule has 0 aliphatic carbocycles. The van der Waals surface area contributed by atoms with Crippen LogP contribution in [0.3, 0.4) is 0 Å². The molecule has 0 bridgehead atoms. The number of hydrogen-bond acceptors (Lipinski definition) is 5. The fourth-order valence-corrected chi connectivity index (χ4v) is 1.79. The van der Waals surface area contributed by atoms with Gasteiger partial charge in [0, 0.05) is 6.54 Å². The summed E-state index contributed by atoms with van der Waals surface area (Å²) in [4.78, 5) is 5.35. The van der Waals surface area contributed by atoms with Crippen molar-refractivity contribution in [2.45, 2.75) is 20.4 Å². The van der Waals surface area contributed by atoms with Crippen molar-refractivity contribution in [3.63, 3.8) is 0 Å². The highest BCUT2D eigenvalue weighted by atomic mass is 16.6. The molecule has 0 radical (unpaired) electrons. The first-order chi connectivity index (χ1) is 9.20. The molecular formula is C14H21NO4. The highest BCUT2D eigenvalue weighted by Crippen LogP contribution is 2.40. The average molecular weight is 267 g/mol. The Morgan fingerprint density at radius 1 is 1.26 bits per heavy atom. The quantitative estimate of drug-likeness (QED) is 0.632. The third kappa shape index (κ3) is 3.75. The molecule has 1 aromatic rings. The van der Waals surface area contributed by atoms with Crippen molar-refractivity contribution in [3.8, 4) is 17.2 Å². The Balaban J connectivity index is 2.01. The minimum atomic E-state index is 0.502. The van der Waals surface area contributed by atoms with Crippen LogP contribution in [0.15, 0.2) is 12.1 Å². The number of methoxy groups -OCH3 is 1. The summed E-state index contributed by atoms with van der Waals surface area (Å²) >= 11 is 0. The Bertz CT molecular complexity index is 403. The molecule has 0 aromatic heterocycles. The normalized spacial score (nSPS) is 13.7. The van der Waals surface area contributed by atoms with Gasteiger partial charge in [0.1, 0.15) is 13.2 Å². The van der Waals surface area contributed by atoms with Crippen molar-refractivity contribution >= 4 is 0 Å². The van der Waals surface area contributed by atoms with Crippen LogP contribution in [0.4, 0.5) is 0 Å². The fraction of sp³-hybridized carbons (Fsp3) is 0.571. The summed E-state index contributed by atoms with van der Waals surface area (Å²) < 4.78 is 16.5. The van der Waals surface area contributed by atoms with Crippen molar-refractivity contribution < 1.29 is 19.0 Å². The first-order valence-corrected chi connectivity index (χ1v) is 6.52. The largest absolute Gasteiger partial charge is 0.493 e. The highest BCUT2D eigenvalue weighted by Gasteiger charge is 2.18. The zero-order valence-electron chi connectivity index (χ0n) is 11.7. The Morgan fingerprint density at radius 3 is 2.79 bits per heavy atom. The second kappa shape index (κ2) is 6.63. The third-order valence-electron chi connectivity index (χ3n) is 2.68. The lowest BCUT2D eigenvalue weighted by atomic mass is 10.1. The summed E-state index contributed by atoms with van der Waals surface area (Å²) in [6.45, 7) is 6.61. The van der Waals surface area contributed by atoms with Gasteiger partial charge in [-0.2, -0.15) is 5.48 Å². The molecule has 0 spiro atoms. The number of hydrogen-bond donors (Lipinski definition) is 1. The van der Waals surface area contributed by atoms with Crippen LogP contribution >= 0.6 is 0 Å². The summed E-state index contributed by atoms with van der Waals surface area (Å²) in [5.41, 5.74) is 3.97. The van der Waals surface area contributed by atoms with Crippen molar-refractivity contribution in [2.24, 2.45) is 5.92 Å². The number of hydroxylamine groups is 1. The Labute approximate surface area is 113 Å². The molecule has 0 fully saturated rings. The van der Waals surface area contributed by atoms with E-state index in [4.69, 9.17) is 19.0 Å². The molecule has 0 unspecified atom stereocenters. The summed E-state index contributed by atoms with van der Waals surface area (Å²) in [5, 5.41) is 0. The topological polar surface area (TPSA) is 49.0 Å². The van der Waals surface area contributed by atoms with E-state index in [-0.39, 0.29) is 0 Å². The third-order valence-corrected chi connectivity index (χ3v) is 2.68. The van der Waals surface area contributed by atoms with E-state index in [1.165, 1.54) is 0 Å². The minimum absolute atomic E-state index is 0.502. The van der Waals surface area contributed by atoms with Crippen molar-refractivity contribution in [1.82, 2.24) is 5.48 Å². The molecule has 106 valence electrons. The molecule has 5 heteroatoms. The van der Waals surface area contributed by atoms with Crippen LogP contribution in [0.1, 0.15) is 19.4 Å². The molecule has 1 N–H and O–H groups in total. The van der Waals surface area contributed by atoms with E-state index in [1.807, 2.05) is 12.1 Å². The van der Waals surface area contributed by atoms with E-state index in [0.717, 1.165) is 11.3 Å². The van der Waals surface area contributed by atoms with Crippen molar-refractivity contribution in [2.75, 3.05) is 26.9 Å². The molecular weight excluding hydrogens is 246 g/mol. The predicted molar refractivity (Wildman–Crippen MR) is 71.6 cm³/mol. The number of benzene rings is 1. The second-order valence-corrected chi connectivity index (χ2v) is 4.85. The van der Waals surface area contributed by atoms with Crippen molar-refractivity contribution in [3.05, 3.63) is 17.7 Å². The van der Waals surface area contributed by atoms with E-state index < -0.39 is 0 Å².